The summed E-state index contributed by atoms with van der Waals surface area (Å²) >= 11 is 1.06. The molecule has 0 bridgehead atoms. The highest BCUT2D eigenvalue weighted by molar-refractivity contribution is 7.22. The van der Waals surface area contributed by atoms with E-state index in [0.717, 1.165) is 23.5 Å². The summed E-state index contributed by atoms with van der Waals surface area (Å²) in [4.78, 5) is 23.7. The van der Waals surface area contributed by atoms with E-state index in [1.54, 1.807) is 11.6 Å². The molecule has 138 valence electrons. The zero-order valence-corrected chi connectivity index (χ0v) is 14.4. The van der Waals surface area contributed by atoms with Crippen molar-refractivity contribution in [2.24, 2.45) is 7.05 Å². The molecule has 4 rings (SSSR count). The number of halogens is 3. The fraction of sp³-hybridized carbons (Fsp3) is 0.125. The molecule has 11 heteroatoms. The Labute approximate surface area is 153 Å². The average molecular weight is 393 g/mol. The largest absolute Gasteiger partial charge is 0.478 e. The van der Waals surface area contributed by atoms with E-state index in [1.165, 1.54) is 18.3 Å². The van der Waals surface area contributed by atoms with E-state index in [-0.39, 0.29) is 5.56 Å². The Morgan fingerprint density at radius 1 is 1.22 bits per heavy atom. The molecule has 1 aromatic carbocycles. The van der Waals surface area contributed by atoms with E-state index in [0.29, 0.717) is 32.5 Å². The molecule has 0 aliphatic rings. The van der Waals surface area contributed by atoms with Crippen LogP contribution in [0.3, 0.4) is 0 Å². The van der Waals surface area contributed by atoms with Crippen molar-refractivity contribution in [1.29, 1.82) is 0 Å². The number of aryl methyl sites for hydroxylation is 1. The molecule has 0 amide bonds. The number of anilines is 2. The lowest BCUT2D eigenvalue weighted by molar-refractivity contribution is -0.137. The number of fused-ring (bicyclic) bond motifs is 2. The quantitative estimate of drug-likeness (QED) is 0.546. The second-order valence-electron chi connectivity index (χ2n) is 5.69. The normalized spacial score (nSPS) is 12.0. The second-order valence-corrected chi connectivity index (χ2v) is 6.72. The van der Waals surface area contributed by atoms with E-state index in [9.17, 15) is 18.0 Å². The molecule has 0 unspecified atom stereocenters. The second kappa shape index (κ2) is 5.91. The van der Waals surface area contributed by atoms with E-state index >= 15 is 0 Å². The van der Waals surface area contributed by atoms with Gasteiger partial charge in [-0.05, 0) is 24.3 Å². The van der Waals surface area contributed by atoms with Gasteiger partial charge in [0.25, 0.3) is 0 Å². The van der Waals surface area contributed by atoms with Gasteiger partial charge in [0.15, 0.2) is 10.8 Å². The van der Waals surface area contributed by atoms with Crippen LogP contribution in [0, 0.1) is 0 Å². The van der Waals surface area contributed by atoms with Crippen molar-refractivity contribution in [3.8, 4) is 0 Å². The number of hydrogen-bond acceptors (Lipinski definition) is 6. The molecule has 4 aromatic rings. The van der Waals surface area contributed by atoms with Crippen molar-refractivity contribution in [1.82, 2.24) is 19.5 Å². The molecule has 0 spiro atoms. The molecular formula is C16H10F3N5O2S. The minimum absolute atomic E-state index is 0.00631. The number of imidazole rings is 1. The zero-order valence-electron chi connectivity index (χ0n) is 13.6. The summed E-state index contributed by atoms with van der Waals surface area (Å²) in [5.74, 6) is -0.772. The maximum absolute atomic E-state index is 12.8. The Morgan fingerprint density at radius 3 is 2.70 bits per heavy atom. The molecule has 0 radical (unpaired) electrons. The number of aromatic nitrogens is 4. The third-order valence-corrected chi connectivity index (χ3v) is 4.82. The highest BCUT2D eigenvalue weighted by Crippen LogP contribution is 2.35. The Balaban J connectivity index is 1.71. The van der Waals surface area contributed by atoms with Gasteiger partial charge in [-0.25, -0.2) is 19.7 Å². The number of benzene rings is 1. The van der Waals surface area contributed by atoms with E-state index in [4.69, 9.17) is 5.11 Å². The SMILES string of the molecule is Cn1c(Nc2nc3ccc(C(F)(F)F)cc3s2)nc2cc(C(=O)O)cnc21. The molecule has 0 saturated heterocycles. The summed E-state index contributed by atoms with van der Waals surface area (Å²) in [5, 5.41) is 12.3. The smallest absolute Gasteiger partial charge is 0.416 e. The Bertz CT molecular complexity index is 1200. The molecule has 0 aliphatic carbocycles. The van der Waals surface area contributed by atoms with Crippen LogP contribution in [0.15, 0.2) is 30.5 Å². The van der Waals surface area contributed by atoms with Crippen LogP contribution in [-0.2, 0) is 13.2 Å². The summed E-state index contributed by atoms with van der Waals surface area (Å²) in [6, 6.07) is 4.74. The fourth-order valence-electron chi connectivity index (χ4n) is 2.55. The van der Waals surface area contributed by atoms with Gasteiger partial charge in [0, 0.05) is 13.2 Å². The Kier molecular flexibility index (Phi) is 3.77. The summed E-state index contributed by atoms with van der Waals surface area (Å²) in [7, 11) is 1.68. The first-order valence-corrected chi connectivity index (χ1v) is 8.34. The molecule has 2 N–H and O–H groups in total. The molecule has 0 saturated carbocycles. The molecule has 27 heavy (non-hydrogen) atoms. The van der Waals surface area contributed by atoms with Crippen molar-refractivity contribution in [2.45, 2.75) is 6.18 Å². The topological polar surface area (TPSA) is 92.9 Å². The molecule has 3 heterocycles. The predicted molar refractivity (Wildman–Crippen MR) is 93.4 cm³/mol. The van der Waals surface area contributed by atoms with Crippen molar-refractivity contribution in [3.05, 3.63) is 41.6 Å². The third kappa shape index (κ3) is 3.05. The monoisotopic (exact) mass is 393 g/mol. The number of rotatable bonds is 3. The molecular weight excluding hydrogens is 383 g/mol. The lowest BCUT2D eigenvalue weighted by Crippen LogP contribution is -2.03. The van der Waals surface area contributed by atoms with Crippen molar-refractivity contribution in [3.63, 3.8) is 0 Å². The number of hydrogen-bond donors (Lipinski definition) is 2. The summed E-state index contributed by atoms with van der Waals surface area (Å²) in [6.45, 7) is 0. The van der Waals surface area contributed by atoms with Crippen LogP contribution < -0.4 is 5.32 Å². The predicted octanol–water partition coefficient (Wildman–Crippen LogP) is 4.04. The van der Waals surface area contributed by atoms with E-state index in [1.807, 2.05) is 0 Å². The van der Waals surface area contributed by atoms with Gasteiger partial charge < -0.3 is 10.4 Å². The summed E-state index contributed by atoms with van der Waals surface area (Å²) < 4.78 is 40.5. The van der Waals surface area contributed by atoms with Crippen LogP contribution in [0.1, 0.15) is 15.9 Å². The van der Waals surface area contributed by atoms with Gasteiger partial charge in [-0.1, -0.05) is 11.3 Å². The first-order chi connectivity index (χ1) is 12.7. The number of carboxylic acids is 1. The lowest BCUT2D eigenvalue weighted by atomic mass is 10.2. The Morgan fingerprint density at radius 2 is 2.00 bits per heavy atom. The first kappa shape index (κ1) is 17.2. The molecule has 0 fully saturated rings. The third-order valence-electron chi connectivity index (χ3n) is 3.89. The van der Waals surface area contributed by atoms with Gasteiger partial charge in [0.1, 0.15) is 5.52 Å². The minimum atomic E-state index is -4.42. The molecule has 7 nitrogen and oxygen atoms in total. The standard InChI is InChI=1S/C16H10F3N5O2S/c1-24-12-10(4-7(6-20-12)13(25)26)21-14(24)23-15-22-9-3-2-8(16(17,18)19)5-11(9)27-15/h2-6H,1H3,(H,25,26)(H,21,22,23). The van der Waals surface area contributed by atoms with Gasteiger partial charge in [0.2, 0.25) is 5.95 Å². The van der Waals surface area contributed by atoms with Crippen LogP contribution in [-0.4, -0.2) is 30.6 Å². The van der Waals surface area contributed by atoms with Crippen LogP contribution in [0.4, 0.5) is 24.3 Å². The van der Waals surface area contributed by atoms with Crippen LogP contribution in [0.5, 0.6) is 0 Å². The van der Waals surface area contributed by atoms with Crippen molar-refractivity contribution in [2.75, 3.05) is 5.32 Å². The number of carboxylic acid groups (broad SMARTS) is 1. The molecule has 0 aliphatic heterocycles. The summed E-state index contributed by atoms with van der Waals surface area (Å²) in [6.07, 6.45) is -3.19. The molecule has 0 atom stereocenters. The van der Waals surface area contributed by atoms with Gasteiger partial charge in [0.05, 0.1) is 21.3 Å². The number of nitrogens with one attached hydrogen (secondary N) is 1. The molecule has 3 aromatic heterocycles. The average Bonchev–Trinajstić information content (AvgIpc) is 3.14. The van der Waals surface area contributed by atoms with Crippen molar-refractivity contribution < 1.29 is 23.1 Å². The van der Waals surface area contributed by atoms with Crippen LogP contribution in [0.2, 0.25) is 0 Å². The van der Waals surface area contributed by atoms with Crippen molar-refractivity contribution >= 4 is 49.8 Å². The van der Waals surface area contributed by atoms with Crippen LogP contribution >= 0.6 is 11.3 Å². The van der Waals surface area contributed by atoms with Gasteiger partial charge in [-0.3, -0.25) is 4.57 Å². The van der Waals surface area contributed by atoms with Gasteiger partial charge >= 0.3 is 12.1 Å². The zero-order chi connectivity index (χ0) is 19.3. The van der Waals surface area contributed by atoms with E-state index < -0.39 is 17.7 Å². The maximum atomic E-state index is 12.8. The highest BCUT2D eigenvalue weighted by Gasteiger charge is 2.30. The Hall–Kier alpha value is -3.21. The fourth-order valence-corrected chi connectivity index (χ4v) is 3.45. The number of carbonyl (C=O) groups is 1. The minimum Gasteiger partial charge on any atom is -0.478 e. The lowest BCUT2D eigenvalue weighted by Gasteiger charge is -2.04. The highest BCUT2D eigenvalue weighted by atomic mass is 32.1. The van der Waals surface area contributed by atoms with Gasteiger partial charge in [-0.15, -0.1) is 0 Å². The first-order valence-electron chi connectivity index (χ1n) is 7.53. The van der Waals surface area contributed by atoms with Gasteiger partial charge in [-0.2, -0.15) is 13.2 Å². The number of aromatic carboxylic acids is 1. The number of nitrogens with zero attached hydrogens (tertiary/aromatic N) is 4. The number of pyridine rings is 1. The summed E-state index contributed by atoms with van der Waals surface area (Å²) in [5.41, 5.74) is 0.536. The number of alkyl halides is 3. The van der Waals surface area contributed by atoms with Crippen LogP contribution in [0.25, 0.3) is 21.4 Å². The van der Waals surface area contributed by atoms with E-state index in [2.05, 4.69) is 20.3 Å². The maximum Gasteiger partial charge on any atom is 0.416 e. The number of thiazole rings is 1.